The van der Waals surface area contributed by atoms with Crippen LogP contribution < -0.4 is 5.32 Å². The molecule has 2 aliphatic carbocycles. The predicted octanol–water partition coefficient (Wildman–Crippen LogP) is 4.65. The number of benzene rings is 1. The quantitative estimate of drug-likeness (QED) is 0.540. The van der Waals surface area contributed by atoms with Gasteiger partial charge >= 0.3 is 5.97 Å². The van der Waals surface area contributed by atoms with Gasteiger partial charge in [-0.15, -0.1) is 0 Å². The molecule has 29 heavy (non-hydrogen) atoms. The second-order valence-corrected chi connectivity index (χ2v) is 9.39. The first-order chi connectivity index (χ1) is 13.7. The summed E-state index contributed by atoms with van der Waals surface area (Å²) in [4.78, 5) is 11.5. The molecule has 1 unspecified atom stereocenters. The van der Waals surface area contributed by atoms with Crippen molar-refractivity contribution in [2.24, 2.45) is 23.7 Å². The molecule has 1 aromatic carbocycles. The van der Waals surface area contributed by atoms with Crippen LogP contribution in [0.1, 0.15) is 65.5 Å². The minimum absolute atomic E-state index is 0.113. The first-order valence-electron chi connectivity index (χ1n) is 11.1. The van der Waals surface area contributed by atoms with Crippen LogP contribution in [-0.4, -0.2) is 29.3 Å². The van der Waals surface area contributed by atoms with Gasteiger partial charge in [-0.3, -0.25) is 4.79 Å². The minimum atomic E-state index is -0.804. The Labute approximate surface area is 175 Å². The fraction of sp³-hybridized carbons (Fsp3) is 0.640. The van der Waals surface area contributed by atoms with Gasteiger partial charge < -0.3 is 15.2 Å². The molecule has 0 saturated heterocycles. The standard InChI is InChI=1S/C25H37NO3/c1-16-13-23-22(17(2)15-26-19(4)21-9-7-6-8-10-21)12-11-18(3)25(23,28)14-24(16)29-20(5)27/h6-10,13,17-19,22-24,26,28H,11-12,14-15H2,1-5H3/t17?,18-,19+,22+,23-,24-,25-/m1/s1. The summed E-state index contributed by atoms with van der Waals surface area (Å²) in [6.07, 6.45) is 4.54. The van der Waals surface area contributed by atoms with Gasteiger partial charge in [0.2, 0.25) is 0 Å². The summed E-state index contributed by atoms with van der Waals surface area (Å²) in [6.45, 7) is 11.0. The average Bonchev–Trinajstić information content (AvgIpc) is 2.69. The van der Waals surface area contributed by atoms with Crippen molar-refractivity contribution in [1.82, 2.24) is 5.32 Å². The maximum absolute atomic E-state index is 11.7. The zero-order valence-electron chi connectivity index (χ0n) is 18.5. The molecule has 0 spiro atoms. The van der Waals surface area contributed by atoms with Crippen molar-refractivity contribution in [3.63, 3.8) is 0 Å². The summed E-state index contributed by atoms with van der Waals surface area (Å²) in [6, 6.07) is 10.8. The van der Waals surface area contributed by atoms with Crippen molar-refractivity contribution in [2.75, 3.05) is 6.54 Å². The first kappa shape index (κ1) is 22.0. The smallest absolute Gasteiger partial charge is 0.303 e. The van der Waals surface area contributed by atoms with E-state index in [1.54, 1.807) is 0 Å². The average molecular weight is 400 g/mol. The van der Waals surface area contributed by atoms with Gasteiger partial charge in [0.1, 0.15) is 6.10 Å². The van der Waals surface area contributed by atoms with Crippen LogP contribution in [0.3, 0.4) is 0 Å². The molecule has 0 heterocycles. The van der Waals surface area contributed by atoms with Crippen molar-refractivity contribution >= 4 is 5.97 Å². The minimum Gasteiger partial charge on any atom is -0.458 e. The van der Waals surface area contributed by atoms with Crippen molar-refractivity contribution < 1.29 is 14.6 Å². The summed E-state index contributed by atoms with van der Waals surface area (Å²) in [7, 11) is 0. The summed E-state index contributed by atoms with van der Waals surface area (Å²) >= 11 is 0. The van der Waals surface area contributed by atoms with E-state index in [1.165, 1.54) is 12.5 Å². The molecule has 2 aliphatic rings. The van der Waals surface area contributed by atoms with E-state index in [1.807, 2.05) is 13.0 Å². The second kappa shape index (κ2) is 9.01. The predicted molar refractivity (Wildman–Crippen MR) is 116 cm³/mol. The van der Waals surface area contributed by atoms with Crippen LogP contribution in [0, 0.1) is 23.7 Å². The van der Waals surface area contributed by atoms with Gasteiger partial charge in [-0.25, -0.2) is 0 Å². The number of esters is 1. The SMILES string of the molecule is CC(=O)O[C@@H]1C[C@@]2(O)[C@H](C)CC[C@@H](C(C)CN[C@@H](C)c3ccccc3)[C@H]2C=C1C. The Morgan fingerprint density at radius 2 is 1.97 bits per heavy atom. The molecule has 0 amide bonds. The Balaban J connectivity index is 1.72. The van der Waals surface area contributed by atoms with E-state index in [4.69, 9.17) is 4.74 Å². The normalized spacial score (nSPS) is 33.9. The van der Waals surface area contributed by atoms with Crippen molar-refractivity contribution in [1.29, 1.82) is 0 Å². The van der Waals surface area contributed by atoms with Crippen LogP contribution >= 0.6 is 0 Å². The van der Waals surface area contributed by atoms with Gasteiger partial charge in [0.25, 0.3) is 0 Å². The molecule has 1 saturated carbocycles. The molecular weight excluding hydrogens is 362 g/mol. The number of carbonyl (C=O) groups is 1. The van der Waals surface area contributed by atoms with Crippen LogP contribution in [0.15, 0.2) is 42.0 Å². The molecular formula is C25H37NO3. The van der Waals surface area contributed by atoms with E-state index in [0.717, 1.165) is 25.0 Å². The lowest BCUT2D eigenvalue weighted by Crippen LogP contribution is -2.56. The topological polar surface area (TPSA) is 58.6 Å². The highest BCUT2D eigenvalue weighted by atomic mass is 16.5. The molecule has 1 fully saturated rings. The summed E-state index contributed by atoms with van der Waals surface area (Å²) in [5, 5.41) is 15.4. The number of fused-ring (bicyclic) bond motifs is 1. The lowest BCUT2D eigenvalue weighted by molar-refractivity contribution is -0.159. The fourth-order valence-corrected chi connectivity index (χ4v) is 5.37. The van der Waals surface area contributed by atoms with Crippen molar-refractivity contribution in [3.8, 4) is 0 Å². The molecule has 3 rings (SSSR count). The maximum Gasteiger partial charge on any atom is 0.303 e. The summed E-state index contributed by atoms with van der Waals surface area (Å²) in [5.74, 6) is 0.896. The van der Waals surface area contributed by atoms with E-state index < -0.39 is 5.60 Å². The van der Waals surface area contributed by atoms with Gasteiger partial charge in [-0.2, -0.15) is 0 Å². The third kappa shape index (κ3) is 4.75. The highest BCUT2D eigenvalue weighted by Gasteiger charge is 2.52. The molecule has 1 aromatic rings. The number of carbonyl (C=O) groups excluding carboxylic acids is 1. The number of ether oxygens (including phenoxy) is 1. The van der Waals surface area contributed by atoms with Gasteiger partial charge in [0.15, 0.2) is 0 Å². The van der Waals surface area contributed by atoms with E-state index in [-0.39, 0.29) is 23.9 Å². The van der Waals surface area contributed by atoms with Gasteiger partial charge in [0.05, 0.1) is 5.60 Å². The zero-order chi connectivity index (χ0) is 21.2. The molecule has 160 valence electrons. The van der Waals surface area contributed by atoms with Crippen LogP contribution in [0.4, 0.5) is 0 Å². The largest absolute Gasteiger partial charge is 0.458 e. The molecule has 0 aliphatic heterocycles. The Kier molecular flexibility index (Phi) is 6.85. The molecule has 0 aromatic heterocycles. The van der Waals surface area contributed by atoms with E-state index >= 15 is 0 Å². The number of hydrogen-bond acceptors (Lipinski definition) is 4. The lowest BCUT2D eigenvalue weighted by atomic mass is 9.57. The molecule has 0 radical (unpaired) electrons. The Hall–Kier alpha value is -1.65. The van der Waals surface area contributed by atoms with Gasteiger partial charge in [-0.1, -0.05) is 50.3 Å². The van der Waals surface area contributed by atoms with Crippen LogP contribution in [0.2, 0.25) is 0 Å². The van der Waals surface area contributed by atoms with E-state index in [9.17, 15) is 9.90 Å². The molecule has 4 nitrogen and oxygen atoms in total. The van der Waals surface area contributed by atoms with Crippen LogP contribution in [0.25, 0.3) is 0 Å². The lowest BCUT2D eigenvalue weighted by Gasteiger charge is -2.53. The molecule has 2 N–H and O–H groups in total. The summed E-state index contributed by atoms with van der Waals surface area (Å²) < 4.78 is 5.51. The third-order valence-corrected chi connectivity index (χ3v) is 7.37. The second-order valence-electron chi connectivity index (χ2n) is 9.39. The number of rotatable bonds is 6. The third-order valence-electron chi connectivity index (χ3n) is 7.37. The van der Waals surface area contributed by atoms with Crippen molar-refractivity contribution in [3.05, 3.63) is 47.5 Å². The monoisotopic (exact) mass is 399 g/mol. The number of nitrogens with one attached hydrogen (secondary N) is 1. The Bertz CT molecular complexity index is 731. The van der Waals surface area contributed by atoms with Gasteiger partial charge in [-0.05, 0) is 62.1 Å². The van der Waals surface area contributed by atoms with E-state index in [2.05, 4.69) is 56.4 Å². The molecule has 0 bridgehead atoms. The number of hydrogen-bond donors (Lipinski definition) is 2. The Morgan fingerprint density at radius 1 is 1.28 bits per heavy atom. The fourth-order valence-electron chi connectivity index (χ4n) is 5.37. The maximum atomic E-state index is 11.7. The zero-order valence-corrected chi connectivity index (χ0v) is 18.5. The number of aliphatic hydroxyl groups is 1. The van der Waals surface area contributed by atoms with E-state index in [0.29, 0.717) is 24.3 Å². The highest BCUT2D eigenvalue weighted by Crippen LogP contribution is 2.51. The van der Waals surface area contributed by atoms with Gasteiger partial charge in [0, 0.05) is 25.3 Å². The first-order valence-corrected chi connectivity index (χ1v) is 11.1. The van der Waals surface area contributed by atoms with Crippen LogP contribution in [-0.2, 0) is 9.53 Å². The van der Waals surface area contributed by atoms with Crippen molar-refractivity contribution in [2.45, 2.75) is 71.6 Å². The Morgan fingerprint density at radius 3 is 2.62 bits per heavy atom. The summed E-state index contributed by atoms with van der Waals surface area (Å²) in [5.41, 5.74) is 1.57. The molecule has 4 heteroatoms. The highest BCUT2D eigenvalue weighted by molar-refractivity contribution is 5.66. The van der Waals surface area contributed by atoms with Crippen LogP contribution in [0.5, 0.6) is 0 Å². The molecule has 7 atom stereocenters.